The summed E-state index contributed by atoms with van der Waals surface area (Å²) in [5.41, 5.74) is 2.20. The van der Waals surface area contributed by atoms with Crippen molar-refractivity contribution in [1.29, 1.82) is 0 Å². The van der Waals surface area contributed by atoms with Gasteiger partial charge in [0.15, 0.2) is 5.82 Å². The summed E-state index contributed by atoms with van der Waals surface area (Å²) < 4.78 is 6.08. The van der Waals surface area contributed by atoms with Crippen LogP contribution >= 0.6 is 0 Å². The van der Waals surface area contributed by atoms with Crippen molar-refractivity contribution in [2.24, 2.45) is 0 Å². The molecule has 1 aromatic rings. The highest BCUT2D eigenvalue weighted by molar-refractivity contribution is 5.47. The zero-order valence-corrected chi connectivity index (χ0v) is 14.0. The van der Waals surface area contributed by atoms with Crippen molar-refractivity contribution in [2.45, 2.75) is 71.3 Å². The highest BCUT2D eigenvalue weighted by atomic mass is 16.5. The molecule has 0 radical (unpaired) electrons. The summed E-state index contributed by atoms with van der Waals surface area (Å²) >= 11 is 0. The highest BCUT2D eigenvalue weighted by Gasteiger charge is 2.34. The molecule has 0 bridgehead atoms. The van der Waals surface area contributed by atoms with Crippen LogP contribution in [0, 0.1) is 0 Å². The van der Waals surface area contributed by atoms with Gasteiger partial charge in [0.1, 0.15) is 11.4 Å². The third-order valence-corrected chi connectivity index (χ3v) is 4.64. The Morgan fingerprint density at radius 3 is 2.38 bits per heavy atom. The lowest BCUT2D eigenvalue weighted by Gasteiger charge is -2.31. The van der Waals surface area contributed by atoms with Gasteiger partial charge in [-0.25, -0.2) is 9.97 Å². The van der Waals surface area contributed by atoms with Gasteiger partial charge in [0, 0.05) is 24.9 Å². The average Bonchev–Trinajstić information content (AvgIpc) is 2.77. The number of anilines is 1. The van der Waals surface area contributed by atoms with Crippen molar-refractivity contribution in [1.82, 2.24) is 9.97 Å². The van der Waals surface area contributed by atoms with Crippen molar-refractivity contribution in [2.75, 3.05) is 19.0 Å². The van der Waals surface area contributed by atoms with Crippen LogP contribution in [0.15, 0.2) is 0 Å². The molecular weight excluding hydrogens is 262 g/mol. The fraction of sp³-hybridized carbons (Fsp3) is 0.765. The molecular formula is C17H29N3O. The molecule has 0 saturated heterocycles. The molecule has 2 rings (SSSR count). The third kappa shape index (κ3) is 3.20. The quantitative estimate of drug-likeness (QED) is 0.809. The van der Waals surface area contributed by atoms with Crippen LogP contribution in [0.4, 0.5) is 5.82 Å². The Labute approximate surface area is 128 Å². The van der Waals surface area contributed by atoms with Crippen LogP contribution < -0.4 is 5.32 Å². The normalized spacial score (nSPS) is 15.4. The van der Waals surface area contributed by atoms with Gasteiger partial charge in [-0.15, -0.1) is 0 Å². The Morgan fingerprint density at radius 2 is 1.76 bits per heavy atom. The van der Waals surface area contributed by atoms with E-state index >= 15 is 0 Å². The van der Waals surface area contributed by atoms with Crippen molar-refractivity contribution in [3.05, 3.63) is 17.1 Å². The average molecular weight is 291 g/mol. The maximum absolute atomic E-state index is 6.08. The molecule has 1 aliphatic carbocycles. The second kappa shape index (κ2) is 7.21. The molecule has 0 amide bonds. The number of rotatable bonds is 6. The maximum Gasteiger partial charge on any atom is 0.162 e. The molecule has 0 aromatic carbocycles. The fourth-order valence-corrected chi connectivity index (χ4v) is 3.29. The highest BCUT2D eigenvalue weighted by Crippen LogP contribution is 2.34. The summed E-state index contributed by atoms with van der Waals surface area (Å²) in [4.78, 5) is 9.77. The number of hydrogen-bond donors (Lipinski definition) is 1. The fourth-order valence-electron chi connectivity index (χ4n) is 3.29. The second-order valence-corrected chi connectivity index (χ2v) is 5.77. The lowest BCUT2D eigenvalue weighted by atomic mass is 9.95. The van der Waals surface area contributed by atoms with E-state index in [1.165, 1.54) is 30.5 Å². The standard InChI is InChI=1S/C17H29N3O/c1-5-17(6-2,21-7-3)16-19-14-12-10-8-9-11-13(14)15(18-4)20-16/h5-12H2,1-4H3,(H,18,19,20). The topological polar surface area (TPSA) is 47.0 Å². The van der Waals surface area contributed by atoms with E-state index in [2.05, 4.69) is 19.2 Å². The van der Waals surface area contributed by atoms with Gasteiger partial charge < -0.3 is 10.1 Å². The number of fused-ring (bicyclic) bond motifs is 1. The first kappa shape index (κ1) is 16.2. The third-order valence-electron chi connectivity index (χ3n) is 4.64. The van der Waals surface area contributed by atoms with E-state index in [1.807, 2.05) is 14.0 Å². The second-order valence-electron chi connectivity index (χ2n) is 5.77. The molecule has 0 atom stereocenters. The van der Waals surface area contributed by atoms with Gasteiger partial charge in [-0.3, -0.25) is 0 Å². The van der Waals surface area contributed by atoms with Gasteiger partial charge in [0.25, 0.3) is 0 Å². The van der Waals surface area contributed by atoms with Crippen LogP contribution in [0.25, 0.3) is 0 Å². The molecule has 0 aliphatic heterocycles. The van der Waals surface area contributed by atoms with E-state index in [0.717, 1.165) is 37.3 Å². The molecule has 1 aliphatic rings. The van der Waals surface area contributed by atoms with Crippen molar-refractivity contribution < 1.29 is 4.74 Å². The molecule has 0 spiro atoms. The van der Waals surface area contributed by atoms with Crippen LogP contribution in [0.1, 0.15) is 70.0 Å². The molecule has 0 saturated carbocycles. The summed E-state index contributed by atoms with van der Waals surface area (Å²) in [7, 11) is 1.96. The SMILES string of the molecule is CCOC(CC)(CC)c1nc2c(c(NC)n1)CCCCC2. The van der Waals surface area contributed by atoms with E-state index < -0.39 is 0 Å². The van der Waals surface area contributed by atoms with E-state index in [9.17, 15) is 0 Å². The predicted molar refractivity (Wildman–Crippen MR) is 86.7 cm³/mol. The lowest BCUT2D eigenvalue weighted by molar-refractivity contribution is -0.0572. The zero-order valence-electron chi connectivity index (χ0n) is 14.0. The summed E-state index contributed by atoms with van der Waals surface area (Å²) in [6.07, 6.45) is 7.71. The van der Waals surface area contributed by atoms with Gasteiger partial charge >= 0.3 is 0 Å². The van der Waals surface area contributed by atoms with Crippen LogP contribution in [0.3, 0.4) is 0 Å². The first-order chi connectivity index (χ1) is 10.2. The number of aryl methyl sites for hydroxylation is 1. The zero-order chi connectivity index (χ0) is 15.3. The lowest BCUT2D eigenvalue weighted by Crippen LogP contribution is -2.32. The van der Waals surface area contributed by atoms with Crippen LogP contribution in [-0.2, 0) is 23.2 Å². The smallest absolute Gasteiger partial charge is 0.162 e. The predicted octanol–water partition coefficient (Wildman–Crippen LogP) is 3.84. The van der Waals surface area contributed by atoms with Gasteiger partial charge in [-0.05, 0) is 45.4 Å². The van der Waals surface area contributed by atoms with Crippen LogP contribution in [0.5, 0.6) is 0 Å². The number of nitrogens with zero attached hydrogens (tertiary/aromatic N) is 2. The number of ether oxygens (including phenoxy) is 1. The Morgan fingerprint density at radius 1 is 1.05 bits per heavy atom. The van der Waals surface area contributed by atoms with Crippen LogP contribution in [0.2, 0.25) is 0 Å². The van der Waals surface area contributed by atoms with Crippen molar-refractivity contribution in [3.8, 4) is 0 Å². The molecule has 1 heterocycles. The molecule has 1 aromatic heterocycles. The first-order valence-corrected chi connectivity index (χ1v) is 8.42. The summed E-state index contributed by atoms with van der Waals surface area (Å²) in [5.74, 6) is 1.86. The summed E-state index contributed by atoms with van der Waals surface area (Å²) in [6, 6.07) is 0. The minimum absolute atomic E-state index is 0.346. The maximum atomic E-state index is 6.08. The summed E-state index contributed by atoms with van der Waals surface area (Å²) in [6.45, 7) is 7.06. The van der Waals surface area contributed by atoms with Crippen molar-refractivity contribution in [3.63, 3.8) is 0 Å². The monoisotopic (exact) mass is 291 g/mol. The molecule has 0 fully saturated rings. The number of nitrogens with one attached hydrogen (secondary N) is 1. The number of aromatic nitrogens is 2. The van der Waals surface area contributed by atoms with Crippen LogP contribution in [-0.4, -0.2) is 23.6 Å². The summed E-state index contributed by atoms with van der Waals surface area (Å²) in [5, 5.41) is 3.28. The Hall–Kier alpha value is -1.16. The van der Waals surface area contributed by atoms with E-state index in [4.69, 9.17) is 14.7 Å². The Kier molecular flexibility index (Phi) is 5.57. The molecule has 21 heavy (non-hydrogen) atoms. The van der Waals surface area contributed by atoms with E-state index in [0.29, 0.717) is 6.61 Å². The van der Waals surface area contributed by atoms with E-state index in [1.54, 1.807) is 0 Å². The Balaban J connectivity index is 2.51. The van der Waals surface area contributed by atoms with Gasteiger partial charge in [0.05, 0.1) is 0 Å². The first-order valence-electron chi connectivity index (χ1n) is 8.42. The molecule has 1 N–H and O–H groups in total. The van der Waals surface area contributed by atoms with Gasteiger partial charge in [-0.2, -0.15) is 0 Å². The molecule has 4 heteroatoms. The largest absolute Gasteiger partial charge is 0.373 e. The molecule has 118 valence electrons. The minimum Gasteiger partial charge on any atom is -0.373 e. The van der Waals surface area contributed by atoms with Crippen molar-refractivity contribution >= 4 is 5.82 Å². The van der Waals surface area contributed by atoms with Gasteiger partial charge in [0.2, 0.25) is 0 Å². The number of hydrogen-bond acceptors (Lipinski definition) is 4. The minimum atomic E-state index is -0.346. The Bertz CT molecular complexity index is 469. The van der Waals surface area contributed by atoms with E-state index in [-0.39, 0.29) is 5.60 Å². The molecule has 4 nitrogen and oxygen atoms in total. The molecule has 0 unspecified atom stereocenters. The van der Waals surface area contributed by atoms with Gasteiger partial charge in [-0.1, -0.05) is 20.3 Å².